The van der Waals surface area contributed by atoms with Gasteiger partial charge in [0.25, 0.3) is 0 Å². The predicted molar refractivity (Wildman–Crippen MR) is 93.2 cm³/mol. The largest absolute Gasteiger partial charge is 0.465 e. The van der Waals surface area contributed by atoms with Crippen LogP contribution in [0, 0.1) is 35.0 Å². The van der Waals surface area contributed by atoms with Gasteiger partial charge in [0.1, 0.15) is 6.10 Å². The molecule has 2 fully saturated rings. The summed E-state index contributed by atoms with van der Waals surface area (Å²) in [5, 5.41) is 0. The van der Waals surface area contributed by atoms with Crippen LogP contribution in [-0.2, 0) is 19.1 Å². The van der Waals surface area contributed by atoms with E-state index in [4.69, 9.17) is 9.47 Å². The van der Waals surface area contributed by atoms with E-state index in [1.807, 2.05) is 0 Å². The summed E-state index contributed by atoms with van der Waals surface area (Å²) in [6, 6.07) is 0. The molecule has 0 amide bonds. The zero-order chi connectivity index (χ0) is 18.1. The molecule has 138 valence electrons. The van der Waals surface area contributed by atoms with E-state index in [2.05, 4.69) is 34.6 Å². The van der Waals surface area contributed by atoms with E-state index in [1.54, 1.807) is 6.92 Å². The van der Waals surface area contributed by atoms with Crippen LogP contribution in [0.5, 0.6) is 0 Å². The monoisotopic (exact) mass is 338 g/mol. The van der Waals surface area contributed by atoms with E-state index in [0.29, 0.717) is 30.8 Å². The summed E-state index contributed by atoms with van der Waals surface area (Å²) in [6.45, 7) is 12.9. The summed E-state index contributed by atoms with van der Waals surface area (Å²) in [5.74, 6) is 1.25. The topological polar surface area (TPSA) is 52.6 Å². The van der Waals surface area contributed by atoms with Crippen molar-refractivity contribution < 1.29 is 19.1 Å². The van der Waals surface area contributed by atoms with Gasteiger partial charge in [-0.05, 0) is 36.0 Å². The van der Waals surface area contributed by atoms with Gasteiger partial charge in [0, 0.05) is 12.3 Å². The average Bonchev–Trinajstić information content (AvgIpc) is 3.05. The lowest BCUT2D eigenvalue weighted by molar-refractivity contribution is -0.159. The summed E-state index contributed by atoms with van der Waals surface area (Å²) in [4.78, 5) is 24.1. The van der Waals surface area contributed by atoms with Crippen molar-refractivity contribution in [3.63, 3.8) is 0 Å². The van der Waals surface area contributed by atoms with Crippen LogP contribution in [0.15, 0.2) is 0 Å². The summed E-state index contributed by atoms with van der Waals surface area (Å²) in [7, 11) is 0. The quantitative estimate of drug-likeness (QED) is 0.681. The number of carbonyl (C=O) groups excluding carboxylic acids is 2. The van der Waals surface area contributed by atoms with Gasteiger partial charge in [-0.3, -0.25) is 9.59 Å². The Bertz CT molecular complexity index is 468. The Morgan fingerprint density at radius 3 is 2.46 bits per heavy atom. The maximum absolute atomic E-state index is 12.7. The minimum Gasteiger partial charge on any atom is -0.465 e. The molecular formula is C20H34O4. The van der Waals surface area contributed by atoms with Crippen LogP contribution >= 0.6 is 0 Å². The SMILES string of the molecule is CCC(=O)OCC1C(C(=O)OC2CC(C)CCC2C(C)C)C1(C)C. The molecule has 0 aromatic carbocycles. The van der Waals surface area contributed by atoms with Crippen molar-refractivity contribution in [2.45, 2.75) is 73.3 Å². The molecule has 2 aliphatic rings. The molecule has 0 radical (unpaired) electrons. The van der Waals surface area contributed by atoms with Crippen LogP contribution in [0.4, 0.5) is 0 Å². The van der Waals surface area contributed by atoms with Crippen molar-refractivity contribution in [2.24, 2.45) is 35.0 Å². The molecule has 2 saturated carbocycles. The van der Waals surface area contributed by atoms with Gasteiger partial charge < -0.3 is 9.47 Å². The molecule has 0 aromatic rings. The summed E-state index contributed by atoms with van der Waals surface area (Å²) < 4.78 is 11.2. The van der Waals surface area contributed by atoms with Crippen LogP contribution in [-0.4, -0.2) is 24.6 Å². The van der Waals surface area contributed by atoms with Crippen molar-refractivity contribution in [3.05, 3.63) is 0 Å². The molecule has 4 heteroatoms. The highest BCUT2D eigenvalue weighted by molar-refractivity contribution is 5.78. The van der Waals surface area contributed by atoms with Crippen LogP contribution in [0.3, 0.4) is 0 Å². The van der Waals surface area contributed by atoms with Gasteiger partial charge in [-0.2, -0.15) is 0 Å². The third-order valence-corrected chi connectivity index (χ3v) is 6.25. The second-order valence-electron chi connectivity index (χ2n) is 8.74. The van der Waals surface area contributed by atoms with E-state index in [-0.39, 0.29) is 35.3 Å². The number of carbonyl (C=O) groups is 2. The van der Waals surface area contributed by atoms with Crippen molar-refractivity contribution in [2.75, 3.05) is 6.61 Å². The Labute approximate surface area is 146 Å². The van der Waals surface area contributed by atoms with Crippen molar-refractivity contribution in [1.82, 2.24) is 0 Å². The second kappa shape index (κ2) is 7.45. The summed E-state index contributed by atoms with van der Waals surface area (Å²) in [6.07, 6.45) is 3.75. The highest BCUT2D eigenvalue weighted by Crippen LogP contribution is 2.59. The van der Waals surface area contributed by atoms with Gasteiger partial charge >= 0.3 is 11.9 Å². The predicted octanol–water partition coefficient (Wildman–Crippen LogP) is 4.22. The Kier molecular flexibility index (Phi) is 5.98. The molecule has 2 rings (SSSR count). The van der Waals surface area contributed by atoms with E-state index < -0.39 is 0 Å². The zero-order valence-electron chi connectivity index (χ0n) is 16.1. The lowest BCUT2D eigenvalue weighted by Crippen LogP contribution is -2.36. The fourth-order valence-corrected chi connectivity index (χ4v) is 4.28. The third kappa shape index (κ3) is 4.12. The molecule has 0 bridgehead atoms. The highest BCUT2D eigenvalue weighted by Gasteiger charge is 2.63. The molecule has 0 N–H and O–H groups in total. The first kappa shape index (κ1) is 19.3. The number of ether oxygens (including phenoxy) is 2. The molecule has 24 heavy (non-hydrogen) atoms. The number of hydrogen-bond donors (Lipinski definition) is 0. The minimum atomic E-state index is -0.203. The molecule has 0 aromatic heterocycles. The molecule has 0 aliphatic heterocycles. The Hall–Kier alpha value is -1.06. The number of esters is 2. The van der Waals surface area contributed by atoms with Crippen molar-refractivity contribution >= 4 is 11.9 Å². The minimum absolute atomic E-state index is 0.0384. The lowest BCUT2D eigenvalue weighted by Gasteiger charge is -2.36. The van der Waals surface area contributed by atoms with Gasteiger partial charge in [-0.15, -0.1) is 0 Å². The molecule has 5 unspecified atom stereocenters. The van der Waals surface area contributed by atoms with Crippen LogP contribution in [0.2, 0.25) is 0 Å². The van der Waals surface area contributed by atoms with Gasteiger partial charge in [-0.25, -0.2) is 0 Å². The van der Waals surface area contributed by atoms with Crippen molar-refractivity contribution in [1.29, 1.82) is 0 Å². The molecule has 0 saturated heterocycles. The van der Waals surface area contributed by atoms with E-state index in [0.717, 1.165) is 12.8 Å². The van der Waals surface area contributed by atoms with Crippen LogP contribution in [0.25, 0.3) is 0 Å². The van der Waals surface area contributed by atoms with E-state index in [9.17, 15) is 9.59 Å². The maximum atomic E-state index is 12.7. The Morgan fingerprint density at radius 1 is 1.21 bits per heavy atom. The first-order valence-corrected chi connectivity index (χ1v) is 9.54. The fraction of sp³-hybridized carbons (Fsp3) is 0.900. The first-order chi connectivity index (χ1) is 11.2. The molecule has 0 spiro atoms. The molecule has 0 heterocycles. The van der Waals surface area contributed by atoms with Gasteiger partial charge in [0.05, 0.1) is 12.5 Å². The molecular weight excluding hydrogens is 304 g/mol. The third-order valence-electron chi connectivity index (χ3n) is 6.25. The first-order valence-electron chi connectivity index (χ1n) is 9.54. The van der Waals surface area contributed by atoms with Gasteiger partial charge in [0.15, 0.2) is 0 Å². The van der Waals surface area contributed by atoms with Gasteiger partial charge in [-0.1, -0.05) is 48.0 Å². The fourth-order valence-electron chi connectivity index (χ4n) is 4.28. The van der Waals surface area contributed by atoms with Crippen molar-refractivity contribution in [3.8, 4) is 0 Å². The zero-order valence-corrected chi connectivity index (χ0v) is 16.1. The lowest BCUT2D eigenvalue weighted by atomic mass is 9.75. The Morgan fingerprint density at radius 2 is 1.88 bits per heavy atom. The molecule has 5 atom stereocenters. The normalized spacial score (nSPS) is 34.7. The number of rotatable bonds is 6. The Balaban J connectivity index is 1.94. The van der Waals surface area contributed by atoms with Crippen LogP contribution in [0.1, 0.15) is 67.2 Å². The smallest absolute Gasteiger partial charge is 0.310 e. The number of hydrogen-bond acceptors (Lipinski definition) is 4. The standard InChI is InChI=1S/C20H34O4/c1-7-17(21)23-11-15-18(20(15,5)6)19(22)24-16-10-13(4)8-9-14(16)12(2)3/h12-16,18H,7-11H2,1-6H3. The van der Waals surface area contributed by atoms with E-state index >= 15 is 0 Å². The van der Waals surface area contributed by atoms with E-state index in [1.165, 1.54) is 6.42 Å². The average molecular weight is 338 g/mol. The summed E-state index contributed by atoms with van der Waals surface area (Å²) in [5.41, 5.74) is -0.140. The van der Waals surface area contributed by atoms with Gasteiger partial charge in [0.2, 0.25) is 0 Å². The molecule has 4 nitrogen and oxygen atoms in total. The summed E-state index contributed by atoms with van der Waals surface area (Å²) >= 11 is 0. The van der Waals surface area contributed by atoms with Crippen LogP contribution < -0.4 is 0 Å². The second-order valence-corrected chi connectivity index (χ2v) is 8.74. The highest BCUT2D eigenvalue weighted by atomic mass is 16.5. The molecule has 2 aliphatic carbocycles. The maximum Gasteiger partial charge on any atom is 0.310 e.